The maximum Gasteiger partial charge on any atom is 0.142 e. The van der Waals surface area contributed by atoms with E-state index in [9.17, 15) is 4.39 Å². The standard InChI is InChI=1S/C16H17ClFNO/c1-2-9-20-16-6-4-3-5-15(16)19-11-12-7-8-14(18)13(17)10-12/h3-8,10,19H,2,9,11H2,1H3. The first-order chi connectivity index (χ1) is 9.70. The van der Waals surface area contributed by atoms with Gasteiger partial charge >= 0.3 is 0 Å². The van der Waals surface area contributed by atoms with Crippen LogP contribution in [0.1, 0.15) is 18.9 Å². The smallest absolute Gasteiger partial charge is 0.142 e. The summed E-state index contributed by atoms with van der Waals surface area (Å²) in [6.45, 7) is 3.31. The second-order valence-electron chi connectivity index (χ2n) is 4.45. The highest BCUT2D eigenvalue weighted by atomic mass is 35.5. The van der Waals surface area contributed by atoms with Gasteiger partial charge in [-0.2, -0.15) is 0 Å². The first kappa shape index (κ1) is 14.7. The summed E-state index contributed by atoms with van der Waals surface area (Å²) in [7, 11) is 0. The van der Waals surface area contributed by atoms with Gasteiger partial charge in [0.1, 0.15) is 11.6 Å². The van der Waals surface area contributed by atoms with Crippen molar-refractivity contribution in [2.24, 2.45) is 0 Å². The zero-order valence-corrected chi connectivity index (χ0v) is 12.1. The average molecular weight is 294 g/mol. The van der Waals surface area contributed by atoms with Crippen molar-refractivity contribution in [1.82, 2.24) is 0 Å². The minimum atomic E-state index is -0.401. The molecule has 4 heteroatoms. The molecule has 2 aromatic rings. The Labute approximate surface area is 123 Å². The molecule has 0 aliphatic rings. The fourth-order valence-corrected chi connectivity index (χ4v) is 2.00. The monoisotopic (exact) mass is 293 g/mol. The van der Waals surface area contributed by atoms with Crippen LogP contribution < -0.4 is 10.1 Å². The number of hydrogen-bond acceptors (Lipinski definition) is 2. The molecule has 20 heavy (non-hydrogen) atoms. The summed E-state index contributed by atoms with van der Waals surface area (Å²) >= 11 is 5.77. The van der Waals surface area contributed by atoms with Gasteiger partial charge in [0.25, 0.3) is 0 Å². The van der Waals surface area contributed by atoms with Gasteiger partial charge in [-0.1, -0.05) is 36.7 Å². The Morgan fingerprint density at radius 3 is 2.75 bits per heavy atom. The summed E-state index contributed by atoms with van der Waals surface area (Å²) in [5.41, 5.74) is 1.84. The van der Waals surface area contributed by atoms with Crippen LogP contribution in [-0.4, -0.2) is 6.61 Å². The number of halogens is 2. The number of anilines is 1. The number of nitrogens with one attached hydrogen (secondary N) is 1. The Kier molecular flexibility index (Phi) is 5.24. The zero-order chi connectivity index (χ0) is 14.4. The van der Waals surface area contributed by atoms with Crippen molar-refractivity contribution in [3.05, 3.63) is 58.9 Å². The molecule has 106 valence electrons. The van der Waals surface area contributed by atoms with Crippen molar-refractivity contribution < 1.29 is 9.13 Å². The fourth-order valence-electron chi connectivity index (χ4n) is 1.80. The molecule has 0 saturated carbocycles. The van der Waals surface area contributed by atoms with Gasteiger partial charge < -0.3 is 10.1 Å². The van der Waals surface area contributed by atoms with E-state index < -0.39 is 5.82 Å². The van der Waals surface area contributed by atoms with Crippen LogP contribution in [0.25, 0.3) is 0 Å². The van der Waals surface area contributed by atoms with Crippen LogP contribution in [0.4, 0.5) is 10.1 Å². The predicted molar refractivity (Wildman–Crippen MR) is 81.0 cm³/mol. The highest BCUT2D eigenvalue weighted by Gasteiger charge is 2.04. The van der Waals surface area contributed by atoms with Gasteiger partial charge in [-0.05, 0) is 36.2 Å². The van der Waals surface area contributed by atoms with E-state index in [1.807, 2.05) is 24.3 Å². The van der Waals surface area contributed by atoms with E-state index in [1.165, 1.54) is 6.07 Å². The molecule has 0 saturated heterocycles. The highest BCUT2D eigenvalue weighted by Crippen LogP contribution is 2.25. The lowest BCUT2D eigenvalue weighted by Gasteiger charge is -2.13. The molecule has 0 aliphatic heterocycles. The Morgan fingerprint density at radius 2 is 2.00 bits per heavy atom. The largest absolute Gasteiger partial charge is 0.491 e. The van der Waals surface area contributed by atoms with E-state index in [2.05, 4.69) is 12.2 Å². The Balaban J connectivity index is 2.04. The normalized spacial score (nSPS) is 10.3. The van der Waals surface area contributed by atoms with E-state index in [1.54, 1.807) is 12.1 Å². The van der Waals surface area contributed by atoms with Gasteiger partial charge in [0.05, 0.1) is 17.3 Å². The van der Waals surface area contributed by atoms with E-state index in [4.69, 9.17) is 16.3 Å². The van der Waals surface area contributed by atoms with Crippen LogP contribution in [0.2, 0.25) is 5.02 Å². The van der Waals surface area contributed by atoms with Crippen molar-refractivity contribution >= 4 is 17.3 Å². The molecule has 2 rings (SSSR count). The quantitative estimate of drug-likeness (QED) is 0.819. The molecule has 1 N–H and O–H groups in total. The molecule has 0 radical (unpaired) electrons. The maximum atomic E-state index is 13.1. The van der Waals surface area contributed by atoms with Gasteiger partial charge in [0.2, 0.25) is 0 Å². The summed E-state index contributed by atoms with van der Waals surface area (Å²) < 4.78 is 18.8. The van der Waals surface area contributed by atoms with E-state index in [0.29, 0.717) is 13.2 Å². The molecule has 0 fully saturated rings. The fraction of sp³-hybridized carbons (Fsp3) is 0.250. The number of rotatable bonds is 6. The lowest BCUT2D eigenvalue weighted by molar-refractivity contribution is 0.319. The molecule has 2 nitrogen and oxygen atoms in total. The average Bonchev–Trinajstić information content (AvgIpc) is 2.47. The Morgan fingerprint density at radius 1 is 1.20 bits per heavy atom. The molecule has 0 atom stereocenters. The summed E-state index contributed by atoms with van der Waals surface area (Å²) in [5, 5.41) is 3.42. The second kappa shape index (κ2) is 7.15. The molecule has 2 aromatic carbocycles. The molecule has 0 bridgehead atoms. The molecular formula is C16H17ClFNO. The van der Waals surface area contributed by atoms with Crippen molar-refractivity contribution in [1.29, 1.82) is 0 Å². The third-order valence-electron chi connectivity index (χ3n) is 2.82. The van der Waals surface area contributed by atoms with Crippen LogP contribution >= 0.6 is 11.6 Å². The van der Waals surface area contributed by atoms with Crippen LogP contribution in [0.5, 0.6) is 5.75 Å². The van der Waals surface area contributed by atoms with Crippen molar-refractivity contribution in [2.45, 2.75) is 19.9 Å². The van der Waals surface area contributed by atoms with Gasteiger partial charge in [-0.25, -0.2) is 4.39 Å². The first-order valence-electron chi connectivity index (χ1n) is 6.60. The van der Waals surface area contributed by atoms with Gasteiger partial charge in [0, 0.05) is 6.54 Å². The molecular weight excluding hydrogens is 277 g/mol. The lowest BCUT2D eigenvalue weighted by Crippen LogP contribution is -2.03. The minimum Gasteiger partial charge on any atom is -0.491 e. The molecule has 0 spiro atoms. The number of benzene rings is 2. The van der Waals surface area contributed by atoms with Crippen molar-refractivity contribution in [2.75, 3.05) is 11.9 Å². The molecule has 0 unspecified atom stereocenters. The van der Waals surface area contributed by atoms with Crippen molar-refractivity contribution in [3.8, 4) is 5.75 Å². The molecule has 0 aliphatic carbocycles. The summed E-state index contributed by atoms with van der Waals surface area (Å²) in [4.78, 5) is 0. The van der Waals surface area contributed by atoms with Gasteiger partial charge in [0.15, 0.2) is 0 Å². The van der Waals surface area contributed by atoms with Gasteiger partial charge in [-0.3, -0.25) is 0 Å². The summed E-state index contributed by atoms with van der Waals surface area (Å²) in [6.07, 6.45) is 0.960. The number of hydrogen-bond donors (Lipinski definition) is 1. The number of para-hydroxylation sites is 2. The van der Waals surface area contributed by atoms with Gasteiger partial charge in [-0.15, -0.1) is 0 Å². The van der Waals surface area contributed by atoms with Crippen LogP contribution in [0, 0.1) is 5.82 Å². The SMILES string of the molecule is CCCOc1ccccc1NCc1ccc(F)c(Cl)c1. The maximum absolute atomic E-state index is 13.1. The minimum absolute atomic E-state index is 0.139. The lowest BCUT2D eigenvalue weighted by atomic mass is 10.2. The van der Waals surface area contributed by atoms with Crippen LogP contribution in [0.15, 0.2) is 42.5 Å². The zero-order valence-electron chi connectivity index (χ0n) is 11.3. The second-order valence-corrected chi connectivity index (χ2v) is 4.85. The molecule has 0 heterocycles. The highest BCUT2D eigenvalue weighted by molar-refractivity contribution is 6.30. The molecule has 0 aromatic heterocycles. The van der Waals surface area contributed by atoms with Crippen LogP contribution in [-0.2, 0) is 6.54 Å². The Hall–Kier alpha value is -1.74. The number of ether oxygens (including phenoxy) is 1. The molecule has 0 amide bonds. The third kappa shape index (κ3) is 3.87. The van der Waals surface area contributed by atoms with E-state index in [-0.39, 0.29) is 5.02 Å². The van der Waals surface area contributed by atoms with Crippen LogP contribution in [0.3, 0.4) is 0 Å². The van der Waals surface area contributed by atoms with E-state index >= 15 is 0 Å². The first-order valence-corrected chi connectivity index (χ1v) is 6.98. The topological polar surface area (TPSA) is 21.3 Å². The van der Waals surface area contributed by atoms with Crippen molar-refractivity contribution in [3.63, 3.8) is 0 Å². The third-order valence-corrected chi connectivity index (χ3v) is 3.11. The summed E-state index contributed by atoms with van der Waals surface area (Å²) in [6, 6.07) is 12.5. The van der Waals surface area contributed by atoms with E-state index in [0.717, 1.165) is 23.4 Å². The predicted octanol–water partition coefficient (Wildman–Crippen LogP) is 4.88. The summed E-state index contributed by atoms with van der Waals surface area (Å²) in [5.74, 6) is 0.421. The Bertz CT molecular complexity index is 574.